The zero-order valence-corrected chi connectivity index (χ0v) is 17.2. The van der Waals surface area contributed by atoms with Crippen LogP contribution in [0.2, 0.25) is 0 Å². The highest BCUT2D eigenvalue weighted by molar-refractivity contribution is 5.68. The molecule has 0 aromatic carbocycles. The molecule has 0 aliphatic carbocycles. The van der Waals surface area contributed by atoms with Gasteiger partial charge < -0.3 is 19.5 Å². The van der Waals surface area contributed by atoms with E-state index in [1.807, 2.05) is 4.98 Å². The van der Waals surface area contributed by atoms with Gasteiger partial charge in [-0.25, -0.2) is 14.8 Å². The second kappa shape index (κ2) is 9.27. The molecule has 2 aromatic heterocycles. The van der Waals surface area contributed by atoms with E-state index in [-0.39, 0.29) is 50.2 Å². The van der Waals surface area contributed by atoms with Gasteiger partial charge in [-0.2, -0.15) is 26.3 Å². The predicted octanol–water partition coefficient (Wildman–Crippen LogP) is 3.09. The molecule has 1 amide bonds. The smallest absolute Gasteiger partial charge is 0.421 e. The number of aromatic nitrogens is 3. The van der Waals surface area contributed by atoms with Gasteiger partial charge in [0.25, 0.3) is 5.56 Å². The second-order valence-corrected chi connectivity index (χ2v) is 7.37. The van der Waals surface area contributed by atoms with Crippen LogP contribution in [-0.4, -0.2) is 58.2 Å². The lowest BCUT2D eigenvalue weighted by Crippen LogP contribution is -2.54. The summed E-state index contributed by atoms with van der Waals surface area (Å²) < 4.78 is 81.5. The Kier molecular flexibility index (Phi) is 6.84. The van der Waals surface area contributed by atoms with Crippen molar-refractivity contribution in [2.45, 2.75) is 31.7 Å². The fourth-order valence-corrected chi connectivity index (χ4v) is 3.26. The summed E-state index contributed by atoms with van der Waals surface area (Å²) in [7, 11) is 0. The maximum absolute atomic E-state index is 12.8. The van der Waals surface area contributed by atoms with Gasteiger partial charge in [0, 0.05) is 50.7 Å². The fourth-order valence-electron chi connectivity index (χ4n) is 3.26. The number of hydrogen-bond donors (Lipinski definition) is 1. The summed E-state index contributed by atoms with van der Waals surface area (Å²) >= 11 is 0. The summed E-state index contributed by atoms with van der Waals surface area (Å²) in [4.78, 5) is 36.2. The molecule has 0 spiro atoms. The van der Waals surface area contributed by atoms with Crippen molar-refractivity contribution < 1.29 is 35.9 Å². The number of piperazine rings is 1. The number of carbonyl (C=O) groups excluding carboxylic acids is 1. The first-order valence-electron chi connectivity index (χ1n) is 9.72. The monoisotopic (exact) mass is 479 g/mol. The molecule has 14 heteroatoms. The van der Waals surface area contributed by atoms with E-state index < -0.39 is 35.1 Å². The van der Waals surface area contributed by atoms with Gasteiger partial charge in [0.1, 0.15) is 5.56 Å². The molecule has 3 heterocycles. The third-order valence-electron chi connectivity index (χ3n) is 5.00. The summed E-state index contributed by atoms with van der Waals surface area (Å²) in [6, 6.07) is 0.319. The minimum absolute atomic E-state index is 0.0423. The quantitative estimate of drug-likeness (QED) is 0.678. The van der Waals surface area contributed by atoms with Crippen LogP contribution in [0.25, 0.3) is 0 Å². The van der Waals surface area contributed by atoms with Crippen LogP contribution in [0, 0.1) is 0 Å². The Bertz CT molecular complexity index is 1040. The van der Waals surface area contributed by atoms with E-state index in [1.54, 1.807) is 11.8 Å². The highest BCUT2D eigenvalue weighted by Crippen LogP contribution is 2.29. The highest BCUT2D eigenvalue weighted by atomic mass is 19.4. The van der Waals surface area contributed by atoms with Crippen molar-refractivity contribution >= 4 is 12.0 Å². The van der Waals surface area contributed by atoms with Gasteiger partial charge in [-0.3, -0.25) is 4.79 Å². The van der Waals surface area contributed by atoms with E-state index in [0.717, 1.165) is 6.20 Å². The normalized spacial score (nSPS) is 17.2. The molecule has 1 saturated heterocycles. The number of hydrogen-bond acceptors (Lipinski definition) is 6. The maximum atomic E-state index is 12.8. The van der Waals surface area contributed by atoms with E-state index in [2.05, 4.69) is 9.97 Å². The summed E-state index contributed by atoms with van der Waals surface area (Å²) in [5.74, 6) is 0.0985. The van der Waals surface area contributed by atoms with Gasteiger partial charge in [0.15, 0.2) is 0 Å². The van der Waals surface area contributed by atoms with Crippen molar-refractivity contribution in [3.8, 4) is 0 Å². The van der Waals surface area contributed by atoms with Gasteiger partial charge in [-0.05, 0) is 18.6 Å². The number of amides is 1. The summed E-state index contributed by atoms with van der Waals surface area (Å²) in [5.41, 5.74) is -3.41. The maximum Gasteiger partial charge on any atom is 0.421 e. The molecule has 0 saturated carbocycles. The zero-order valence-electron chi connectivity index (χ0n) is 17.2. The topological polar surface area (TPSA) is 91.4 Å². The molecule has 3 rings (SSSR count). The number of anilines is 1. The van der Waals surface area contributed by atoms with Crippen molar-refractivity contribution in [2.75, 3.05) is 31.1 Å². The summed E-state index contributed by atoms with van der Waals surface area (Å²) in [5, 5.41) is 0. The van der Waals surface area contributed by atoms with Crippen LogP contribution in [0.3, 0.4) is 0 Å². The molecule has 0 radical (unpaired) electrons. The average Bonchev–Trinajstić information content (AvgIpc) is 2.73. The van der Waals surface area contributed by atoms with E-state index in [1.165, 1.54) is 4.90 Å². The summed E-state index contributed by atoms with van der Waals surface area (Å²) in [6.45, 7) is 2.17. The predicted molar refractivity (Wildman–Crippen MR) is 103 cm³/mol. The number of alkyl halides is 6. The first kappa shape index (κ1) is 24.3. The van der Waals surface area contributed by atoms with Gasteiger partial charge >= 0.3 is 18.4 Å². The molecule has 0 bridgehead atoms. The molecule has 1 aliphatic heterocycles. The third-order valence-corrected chi connectivity index (χ3v) is 5.00. The number of nitrogens with zero attached hydrogens (tertiary/aromatic N) is 4. The molecule has 1 atom stereocenters. The first-order valence-corrected chi connectivity index (χ1v) is 9.72. The Morgan fingerprint density at radius 3 is 2.39 bits per heavy atom. The van der Waals surface area contributed by atoms with E-state index in [4.69, 9.17) is 4.74 Å². The molecule has 1 N–H and O–H groups in total. The third kappa shape index (κ3) is 5.93. The van der Waals surface area contributed by atoms with Crippen molar-refractivity contribution in [2.24, 2.45) is 0 Å². The van der Waals surface area contributed by atoms with Crippen LogP contribution in [0.15, 0.2) is 29.5 Å². The first-order chi connectivity index (χ1) is 15.4. The lowest BCUT2D eigenvalue weighted by atomic mass is 10.1. The fraction of sp³-hybridized carbons (Fsp3) is 0.474. The number of rotatable bonds is 4. The van der Waals surface area contributed by atoms with Crippen LogP contribution in [-0.2, 0) is 23.5 Å². The van der Waals surface area contributed by atoms with Gasteiger partial charge in [0.05, 0.1) is 12.2 Å². The van der Waals surface area contributed by atoms with Crippen molar-refractivity contribution in [1.82, 2.24) is 19.9 Å². The average molecular weight is 479 g/mol. The van der Waals surface area contributed by atoms with Crippen LogP contribution < -0.4 is 10.5 Å². The Morgan fingerprint density at radius 1 is 1.15 bits per heavy atom. The number of ether oxygens (including phenoxy) is 1. The van der Waals surface area contributed by atoms with Crippen molar-refractivity contribution in [3.63, 3.8) is 0 Å². The van der Waals surface area contributed by atoms with Gasteiger partial charge in [-0.1, -0.05) is 0 Å². The summed E-state index contributed by atoms with van der Waals surface area (Å²) in [6.07, 6.45) is -7.57. The molecule has 180 valence electrons. The highest BCUT2D eigenvalue weighted by Gasteiger charge is 2.35. The standard InChI is InChI=1S/C19H19F6N5O3/c1-11-10-29(16-27-8-13(9-28-16)18(20,21)22)3-4-30(11)17(32)33-5-2-12-6-14(19(23,24)25)15(31)26-7-12/h6-9,11H,2-5,10H2,1H3,(H,26,31)/t11-/m0/s1. The molecule has 2 aromatic rings. The molecular weight excluding hydrogens is 460 g/mol. The van der Waals surface area contributed by atoms with Gasteiger partial charge in [0.2, 0.25) is 5.95 Å². The molecular formula is C19H19F6N5O3. The number of nitrogens with one attached hydrogen (secondary N) is 1. The molecule has 8 nitrogen and oxygen atoms in total. The number of halogens is 6. The minimum atomic E-state index is -4.80. The molecule has 0 unspecified atom stereocenters. The Hall–Kier alpha value is -3.32. The van der Waals surface area contributed by atoms with Crippen LogP contribution in [0.5, 0.6) is 0 Å². The SMILES string of the molecule is C[C@H]1CN(c2ncc(C(F)(F)F)cn2)CCN1C(=O)OCCc1c[nH]c(=O)c(C(F)(F)F)c1. The van der Waals surface area contributed by atoms with E-state index in [0.29, 0.717) is 18.5 Å². The van der Waals surface area contributed by atoms with Crippen molar-refractivity contribution in [1.29, 1.82) is 0 Å². The second-order valence-electron chi connectivity index (χ2n) is 7.37. The Labute approximate surface area is 183 Å². The van der Waals surface area contributed by atoms with Crippen LogP contribution >= 0.6 is 0 Å². The largest absolute Gasteiger partial charge is 0.449 e. The van der Waals surface area contributed by atoms with E-state index >= 15 is 0 Å². The number of pyridine rings is 1. The molecule has 1 fully saturated rings. The Balaban J connectivity index is 1.53. The minimum Gasteiger partial charge on any atom is -0.449 e. The van der Waals surface area contributed by atoms with Crippen LogP contribution in [0.1, 0.15) is 23.6 Å². The Morgan fingerprint density at radius 2 is 1.82 bits per heavy atom. The molecule has 33 heavy (non-hydrogen) atoms. The zero-order chi connectivity index (χ0) is 24.4. The lowest BCUT2D eigenvalue weighted by Gasteiger charge is -2.39. The van der Waals surface area contributed by atoms with E-state index in [9.17, 15) is 35.9 Å². The number of aromatic amines is 1. The van der Waals surface area contributed by atoms with Gasteiger partial charge in [-0.15, -0.1) is 0 Å². The number of H-pyrrole nitrogens is 1. The molecule has 1 aliphatic rings. The van der Waals surface area contributed by atoms with Crippen LogP contribution in [0.4, 0.5) is 37.1 Å². The van der Waals surface area contributed by atoms with Crippen molar-refractivity contribution in [3.05, 3.63) is 51.7 Å². The lowest BCUT2D eigenvalue weighted by molar-refractivity contribution is -0.139. The number of carbonyl (C=O) groups is 1.